The second-order valence-electron chi connectivity index (χ2n) is 11.9. The van der Waals surface area contributed by atoms with Gasteiger partial charge in [-0.3, -0.25) is 14.4 Å². The molecule has 254 valence electrons. The van der Waals surface area contributed by atoms with Crippen molar-refractivity contribution in [3.05, 3.63) is 37.0 Å². The number of carbonyl (C=O) groups is 4. The molecule has 12 nitrogen and oxygen atoms in total. The van der Waals surface area contributed by atoms with Crippen LogP contribution in [0.3, 0.4) is 0 Å². The molecule has 2 heterocycles. The topological polar surface area (TPSA) is 147 Å². The van der Waals surface area contributed by atoms with Crippen LogP contribution in [0.25, 0.3) is 0 Å². The third-order valence-corrected chi connectivity index (χ3v) is 8.03. The molecule has 0 aromatic rings. The lowest BCUT2D eigenvalue weighted by Crippen LogP contribution is -2.64. The van der Waals surface area contributed by atoms with Crippen molar-refractivity contribution in [1.29, 1.82) is 0 Å². The number of methoxy groups -OCH3 is 1. The van der Waals surface area contributed by atoms with Crippen molar-refractivity contribution in [3.63, 3.8) is 0 Å². The number of rotatable bonds is 10. The van der Waals surface area contributed by atoms with Crippen molar-refractivity contribution in [2.45, 2.75) is 108 Å². The van der Waals surface area contributed by atoms with E-state index in [1.165, 1.54) is 20.1 Å². The lowest BCUT2D eigenvalue weighted by molar-refractivity contribution is -0.313. The molecule has 0 amide bonds. The van der Waals surface area contributed by atoms with Crippen molar-refractivity contribution < 1.29 is 52.7 Å². The molecule has 1 fully saturated rings. The molecule has 0 unspecified atom stereocenters. The highest BCUT2D eigenvalue weighted by Crippen LogP contribution is 2.34. The van der Waals surface area contributed by atoms with Crippen molar-refractivity contribution in [3.8, 4) is 0 Å². The van der Waals surface area contributed by atoms with Gasteiger partial charge >= 0.3 is 11.9 Å². The van der Waals surface area contributed by atoms with Crippen molar-refractivity contribution in [2.24, 2.45) is 11.8 Å². The van der Waals surface area contributed by atoms with Gasteiger partial charge < -0.3 is 43.2 Å². The summed E-state index contributed by atoms with van der Waals surface area (Å²) in [5.41, 5.74) is 0. The van der Waals surface area contributed by atoms with Gasteiger partial charge in [0.2, 0.25) is 0 Å². The fraction of sp³-hybridized carbons (Fsp3) is 0.697. The van der Waals surface area contributed by atoms with Crippen LogP contribution in [0.2, 0.25) is 0 Å². The highest BCUT2D eigenvalue weighted by Gasteiger charge is 2.49. The van der Waals surface area contributed by atoms with E-state index in [2.05, 4.69) is 6.58 Å². The van der Waals surface area contributed by atoms with Gasteiger partial charge in [-0.15, -0.1) is 6.58 Å². The van der Waals surface area contributed by atoms with Gasteiger partial charge in [0.15, 0.2) is 12.1 Å². The Balaban J connectivity index is 2.62. The Hall–Kier alpha value is -2.74. The number of hydrogen-bond acceptors (Lipinski definition) is 12. The zero-order valence-corrected chi connectivity index (χ0v) is 27.5. The van der Waals surface area contributed by atoms with Crippen LogP contribution in [-0.4, -0.2) is 117 Å². The molecule has 12 heteroatoms. The SMILES string of the molecule is C=CCO[C@H]1[C@H](N(C)C)[C@@H](O)[C@H](O[C@H]2[C@@H](CC=O)C[C@@H](C)C(=O)/C=C/C=C/C[C@@H](C)OC(=O)C[C@@H](OC(C)=O)[C@@H]2OC)O[C@@H]1C. The first-order valence-electron chi connectivity index (χ1n) is 15.4. The summed E-state index contributed by atoms with van der Waals surface area (Å²) in [7, 11) is 4.96. The Bertz CT molecular complexity index is 1040. The van der Waals surface area contributed by atoms with Crippen LogP contribution in [0.1, 0.15) is 53.4 Å². The molecule has 0 radical (unpaired) electrons. The van der Waals surface area contributed by atoms with Gasteiger partial charge in [-0.05, 0) is 46.4 Å². The maximum Gasteiger partial charge on any atom is 0.309 e. The Morgan fingerprint density at radius 3 is 2.47 bits per heavy atom. The zero-order valence-electron chi connectivity index (χ0n) is 27.5. The lowest BCUT2D eigenvalue weighted by Gasteiger charge is -2.48. The second kappa shape index (κ2) is 19.0. The molecule has 45 heavy (non-hydrogen) atoms. The van der Waals surface area contributed by atoms with E-state index in [1.807, 2.05) is 4.90 Å². The van der Waals surface area contributed by atoms with Gasteiger partial charge in [0, 0.05) is 32.8 Å². The first kappa shape index (κ1) is 38.4. The molecule has 1 N–H and O–H groups in total. The van der Waals surface area contributed by atoms with Crippen LogP contribution in [0.15, 0.2) is 37.0 Å². The summed E-state index contributed by atoms with van der Waals surface area (Å²) in [4.78, 5) is 52.2. The highest BCUT2D eigenvalue weighted by atomic mass is 16.7. The van der Waals surface area contributed by atoms with E-state index in [0.717, 1.165) is 0 Å². The largest absolute Gasteiger partial charge is 0.462 e. The van der Waals surface area contributed by atoms with E-state index in [0.29, 0.717) is 12.7 Å². The third kappa shape index (κ3) is 11.5. The number of aldehydes is 1. The first-order chi connectivity index (χ1) is 21.3. The van der Waals surface area contributed by atoms with Crippen LogP contribution in [-0.2, 0) is 47.6 Å². The predicted octanol–water partition coefficient (Wildman–Crippen LogP) is 2.56. The molecule has 0 aromatic carbocycles. The molecule has 2 rings (SSSR count). The molecule has 2 aliphatic rings. The summed E-state index contributed by atoms with van der Waals surface area (Å²) >= 11 is 0. The number of nitrogens with zero attached hydrogens (tertiary/aromatic N) is 1. The van der Waals surface area contributed by atoms with Gasteiger partial charge in [0.05, 0.1) is 31.3 Å². The van der Waals surface area contributed by atoms with E-state index < -0.39 is 78.8 Å². The van der Waals surface area contributed by atoms with Gasteiger partial charge in [0.25, 0.3) is 0 Å². The number of ketones is 1. The van der Waals surface area contributed by atoms with E-state index >= 15 is 0 Å². The van der Waals surface area contributed by atoms with Crippen LogP contribution < -0.4 is 0 Å². The van der Waals surface area contributed by atoms with Crippen molar-refractivity contribution in [2.75, 3.05) is 27.8 Å². The standard InChI is InChI=1S/C33H51NO11/c1-9-17-41-30-22(4)43-33(29(39)28(30)34(6)7)45-31-24(15-16-35)18-20(2)25(37)14-12-10-11-13-21(3)42-27(38)19-26(32(31)40-8)44-23(5)36/h9-12,14,16,20-22,24,26,28-33,39H,1,13,15,17-19H2,2-8H3/b11-10+,14-12+/t20-,21-,22-,24+,26-,28-,29-,30-,31+,32+,33+/m1/s1. The number of carbonyl (C=O) groups excluding carboxylic acids is 4. The average Bonchev–Trinajstić information content (AvgIpc) is 2.95. The van der Waals surface area contributed by atoms with Gasteiger partial charge in [-0.25, -0.2) is 0 Å². The Kier molecular flexibility index (Phi) is 16.3. The lowest BCUT2D eigenvalue weighted by atomic mass is 9.83. The van der Waals surface area contributed by atoms with Crippen LogP contribution in [0.5, 0.6) is 0 Å². The summed E-state index contributed by atoms with van der Waals surface area (Å²) in [5.74, 6) is -2.66. The van der Waals surface area contributed by atoms with Crippen LogP contribution >= 0.6 is 0 Å². The van der Waals surface area contributed by atoms with E-state index in [1.54, 1.807) is 59.2 Å². The summed E-state index contributed by atoms with van der Waals surface area (Å²) in [6.07, 6.45) is 1.62. The molecule has 11 atom stereocenters. The Morgan fingerprint density at radius 2 is 1.87 bits per heavy atom. The molecule has 0 bridgehead atoms. The Morgan fingerprint density at radius 1 is 1.16 bits per heavy atom. The van der Waals surface area contributed by atoms with Crippen molar-refractivity contribution in [1.82, 2.24) is 4.90 Å². The maximum absolute atomic E-state index is 13.0. The van der Waals surface area contributed by atoms with Crippen LogP contribution in [0, 0.1) is 11.8 Å². The molecule has 1 saturated heterocycles. The number of cyclic esters (lactones) is 1. The summed E-state index contributed by atoms with van der Waals surface area (Å²) in [5, 5.41) is 11.6. The predicted molar refractivity (Wildman–Crippen MR) is 165 cm³/mol. The number of hydrogen-bond donors (Lipinski definition) is 1. The molecule has 0 saturated carbocycles. The van der Waals surface area contributed by atoms with Gasteiger partial charge in [-0.1, -0.05) is 31.2 Å². The maximum atomic E-state index is 13.0. The number of aliphatic hydroxyl groups is 1. The number of likely N-dealkylation sites (N-methyl/N-ethyl adjacent to an activating group) is 1. The summed E-state index contributed by atoms with van der Waals surface area (Å²) < 4.78 is 35.7. The summed E-state index contributed by atoms with van der Waals surface area (Å²) in [6.45, 7) is 10.4. The quantitative estimate of drug-likeness (QED) is 0.213. The minimum absolute atomic E-state index is 0.0550. The number of allylic oxidation sites excluding steroid dienone is 3. The molecule has 0 aliphatic carbocycles. The molecule has 0 aromatic heterocycles. The molecular weight excluding hydrogens is 586 g/mol. The van der Waals surface area contributed by atoms with E-state index in [-0.39, 0.29) is 31.7 Å². The fourth-order valence-corrected chi connectivity index (χ4v) is 5.88. The third-order valence-electron chi connectivity index (χ3n) is 8.03. The molecule has 2 aliphatic heterocycles. The van der Waals surface area contributed by atoms with Gasteiger partial charge in [0.1, 0.15) is 36.8 Å². The summed E-state index contributed by atoms with van der Waals surface area (Å²) in [6, 6.07) is -0.560. The Labute approximate surface area is 266 Å². The van der Waals surface area contributed by atoms with E-state index in [4.69, 9.17) is 28.4 Å². The highest BCUT2D eigenvalue weighted by molar-refractivity contribution is 5.91. The van der Waals surface area contributed by atoms with Gasteiger partial charge in [-0.2, -0.15) is 0 Å². The van der Waals surface area contributed by atoms with E-state index in [9.17, 15) is 24.3 Å². The van der Waals surface area contributed by atoms with Crippen LogP contribution in [0.4, 0.5) is 0 Å². The number of aliphatic hydroxyl groups excluding tert-OH is 1. The normalized spacial score (nSPS) is 37.0. The molecular formula is C33H51NO11. The minimum Gasteiger partial charge on any atom is -0.462 e. The monoisotopic (exact) mass is 637 g/mol. The number of esters is 2. The first-order valence-corrected chi connectivity index (χ1v) is 15.4. The second-order valence-corrected chi connectivity index (χ2v) is 11.9. The zero-order chi connectivity index (χ0) is 33.7. The number of ether oxygens (including phenoxy) is 6. The van der Waals surface area contributed by atoms with Crippen molar-refractivity contribution >= 4 is 24.0 Å². The average molecular weight is 638 g/mol. The fourth-order valence-electron chi connectivity index (χ4n) is 5.88. The minimum atomic E-state index is -1.24. The smallest absolute Gasteiger partial charge is 0.309 e. The molecule has 0 spiro atoms.